The third-order valence-electron chi connectivity index (χ3n) is 3.33. The normalized spacial score (nSPS) is 10.8. The average molecular weight is 268 g/mol. The van der Waals surface area contributed by atoms with Crippen molar-refractivity contribution < 1.29 is 0 Å². The molecule has 0 spiro atoms. The molecule has 0 saturated carbocycles. The third kappa shape index (κ3) is 2.40. The number of aryl methyl sites for hydroxylation is 3. The smallest absolute Gasteiger partial charge is 0.123 e. The molecule has 0 saturated heterocycles. The number of pyridine rings is 1. The number of hydrogen-bond acceptors (Lipinski definition) is 4. The molecule has 0 atom stereocenters. The molecule has 6 nitrogen and oxygen atoms in total. The van der Waals surface area contributed by atoms with Crippen molar-refractivity contribution in [2.24, 2.45) is 7.05 Å². The Kier molecular flexibility index (Phi) is 3.20. The summed E-state index contributed by atoms with van der Waals surface area (Å²) in [6, 6.07) is 5.79. The Labute approximate surface area is 116 Å². The molecule has 0 aromatic carbocycles. The van der Waals surface area contributed by atoms with Crippen LogP contribution in [0.1, 0.15) is 5.69 Å². The first-order valence-electron chi connectivity index (χ1n) is 6.43. The third-order valence-corrected chi connectivity index (χ3v) is 3.33. The van der Waals surface area contributed by atoms with E-state index in [0.717, 1.165) is 24.2 Å². The summed E-state index contributed by atoms with van der Waals surface area (Å²) in [5.74, 6) is 0.523. The molecular weight excluding hydrogens is 252 g/mol. The predicted molar refractivity (Wildman–Crippen MR) is 76.8 cm³/mol. The summed E-state index contributed by atoms with van der Waals surface area (Å²) in [4.78, 5) is 8.35. The van der Waals surface area contributed by atoms with E-state index >= 15 is 0 Å². The van der Waals surface area contributed by atoms with Gasteiger partial charge in [-0.3, -0.25) is 4.68 Å². The van der Waals surface area contributed by atoms with Crippen LogP contribution >= 0.6 is 0 Å². The van der Waals surface area contributed by atoms with Gasteiger partial charge in [-0.05, 0) is 18.2 Å². The maximum Gasteiger partial charge on any atom is 0.123 e. The highest BCUT2D eigenvalue weighted by molar-refractivity contribution is 5.59. The highest BCUT2D eigenvalue weighted by atomic mass is 15.3. The Morgan fingerprint density at radius 2 is 2.10 bits per heavy atom. The van der Waals surface area contributed by atoms with Gasteiger partial charge in [0.1, 0.15) is 5.82 Å². The van der Waals surface area contributed by atoms with Crippen LogP contribution in [0.3, 0.4) is 0 Å². The number of nitrogens with zero attached hydrogens (tertiary/aromatic N) is 5. The second kappa shape index (κ2) is 5.16. The molecule has 2 N–H and O–H groups in total. The highest BCUT2D eigenvalue weighted by Gasteiger charge is 2.06. The van der Waals surface area contributed by atoms with Crippen LogP contribution in [0.15, 0.2) is 43.1 Å². The van der Waals surface area contributed by atoms with Crippen molar-refractivity contribution in [3.63, 3.8) is 0 Å². The van der Waals surface area contributed by atoms with Gasteiger partial charge in [-0.25, -0.2) is 9.97 Å². The zero-order valence-corrected chi connectivity index (χ0v) is 11.3. The molecule has 3 aromatic heterocycles. The number of aromatic nitrogens is 5. The minimum absolute atomic E-state index is 0.523. The first kappa shape index (κ1) is 12.4. The van der Waals surface area contributed by atoms with E-state index < -0.39 is 0 Å². The molecule has 3 heterocycles. The summed E-state index contributed by atoms with van der Waals surface area (Å²) < 4.78 is 4.00. The standard InChI is InChI=1S/C14H16N6/c1-19-12(4-6-18-19)5-7-20-10-16-9-13(20)11-2-3-14(15)17-8-11/h2-4,6,8-10H,5,7H2,1H3,(H2,15,17). The maximum absolute atomic E-state index is 5.61. The fraction of sp³-hybridized carbons (Fsp3) is 0.214. The molecule has 0 fully saturated rings. The minimum Gasteiger partial charge on any atom is -0.384 e. The van der Waals surface area contributed by atoms with Crippen molar-refractivity contribution in [3.05, 3.63) is 48.8 Å². The molecule has 6 heteroatoms. The van der Waals surface area contributed by atoms with Gasteiger partial charge >= 0.3 is 0 Å². The summed E-state index contributed by atoms with van der Waals surface area (Å²) in [5, 5.41) is 4.17. The molecule has 20 heavy (non-hydrogen) atoms. The monoisotopic (exact) mass is 268 g/mol. The summed E-state index contributed by atoms with van der Waals surface area (Å²) in [6.07, 6.45) is 8.17. The lowest BCUT2D eigenvalue weighted by Crippen LogP contribution is -2.06. The molecule has 0 radical (unpaired) electrons. The molecule has 102 valence electrons. The van der Waals surface area contributed by atoms with E-state index in [4.69, 9.17) is 5.73 Å². The Hall–Kier alpha value is -2.63. The molecule has 0 aliphatic heterocycles. The topological polar surface area (TPSA) is 74.5 Å². The average Bonchev–Trinajstić information content (AvgIpc) is 3.06. The Morgan fingerprint density at radius 3 is 2.80 bits per heavy atom. The van der Waals surface area contributed by atoms with Crippen LogP contribution in [-0.2, 0) is 20.0 Å². The Balaban J connectivity index is 1.80. The Bertz CT molecular complexity index is 695. The zero-order chi connectivity index (χ0) is 13.9. The summed E-state index contributed by atoms with van der Waals surface area (Å²) in [5.41, 5.74) is 8.87. The van der Waals surface area contributed by atoms with Crippen molar-refractivity contribution in [2.75, 3.05) is 5.73 Å². The van der Waals surface area contributed by atoms with E-state index in [1.54, 1.807) is 12.3 Å². The van der Waals surface area contributed by atoms with E-state index in [1.807, 2.05) is 42.6 Å². The molecule has 3 rings (SSSR count). The number of nitrogen functional groups attached to an aromatic ring is 1. The highest BCUT2D eigenvalue weighted by Crippen LogP contribution is 2.19. The van der Waals surface area contributed by atoms with Gasteiger partial charge in [0.15, 0.2) is 0 Å². The van der Waals surface area contributed by atoms with Gasteiger partial charge in [0, 0.05) is 43.7 Å². The SMILES string of the molecule is Cn1nccc1CCn1cncc1-c1ccc(N)nc1. The quantitative estimate of drug-likeness (QED) is 0.778. The Morgan fingerprint density at radius 1 is 1.20 bits per heavy atom. The maximum atomic E-state index is 5.61. The number of anilines is 1. The van der Waals surface area contributed by atoms with Gasteiger partial charge < -0.3 is 10.3 Å². The lowest BCUT2D eigenvalue weighted by molar-refractivity contribution is 0.639. The first-order valence-corrected chi connectivity index (χ1v) is 6.43. The first-order chi connectivity index (χ1) is 9.74. The molecular formula is C14H16N6. The fourth-order valence-electron chi connectivity index (χ4n) is 2.18. The predicted octanol–water partition coefficient (Wildman–Crippen LogP) is 1.50. The number of imidazole rings is 1. The second-order valence-electron chi connectivity index (χ2n) is 4.64. The lowest BCUT2D eigenvalue weighted by Gasteiger charge is -2.08. The van der Waals surface area contributed by atoms with Crippen molar-refractivity contribution in [2.45, 2.75) is 13.0 Å². The van der Waals surface area contributed by atoms with Crippen LogP contribution in [0.4, 0.5) is 5.82 Å². The molecule has 0 unspecified atom stereocenters. The van der Waals surface area contributed by atoms with Crippen molar-refractivity contribution in [1.29, 1.82) is 0 Å². The van der Waals surface area contributed by atoms with E-state index in [0.29, 0.717) is 5.82 Å². The van der Waals surface area contributed by atoms with Gasteiger partial charge in [-0.1, -0.05) is 0 Å². The molecule has 3 aromatic rings. The largest absolute Gasteiger partial charge is 0.384 e. The summed E-state index contributed by atoms with van der Waals surface area (Å²) in [7, 11) is 1.95. The van der Waals surface area contributed by atoms with E-state index in [1.165, 1.54) is 5.69 Å². The van der Waals surface area contributed by atoms with Crippen molar-refractivity contribution in [1.82, 2.24) is 24.3 Å². The van der Waals surface area contributed by atoms with E-state index in [-0.39, 0.29) is 0 Å². The molecule has 0 bridgehead atoms. The summed E-state index contributed by atoms with van der Waals surface area (Å²) >= 11 is 0. The zero-order valence-electron chi connectivity index (χ0n) is 11.3. The lowest BCUT2D eigenvalue weighted by atomic mass is 10.2. The van der Waals surface area contributed by atoms with E-state index in [9.17, 15) is 0 Å². The van der Waals surface area contributed by atoms with Crippen molar-refractivity contribution >= 4 is 5.82 Å². The second-order valence-corrected chi connectivity index (χ2v) is 4.64. The van der Waals surface area contributed by atoms with Gasteiger partial charge in [0.2, 0.25) is 0 Å². The van der Waals surface area contributed by atoms with Crippen LogP contribution in [0.5, 0.6) is 0 Å². The molecule has 0 amide bonds. The number of rotatable bonds is 4. The van der Waals surface area contributed by atoms with Crippen LogP contribution in [-0.4, -0.2) is 24.3 Å². The van der Waals surface area contributed by atoms with Crippen LogP contribution in [0.25, 0.3) is 11.3 Å². The van der Waals surface area contributed by atoms with Crippen LogP contribution in [0.2, 0.25) is 0 Å². The minimum atomic E-state index is 0.523. The van der Waals surface area contributed by atoms with Gasteiger partial charge in [-0.2, -0.15) is 5.10 Å². The van der Waals surface area contributed by atoms with Crippen LogP contribution in [0, 0.1) is 0 Å². The van der Waals surface area contributed by atoms with Gasteiger partial charge in [0.05, 0.1) is 18.2 Å². The number of nitrogens with two attached hydrogens (primary N) is 1. The molecule has 0 aliphatic rings. The molecule has 0 aliphatic carbocycles. The van der Waals surface area contributed by atoms with Crippen LogP contribution < -0.4 is 5.73 Å². The number of hydrogen-bond donors (Lipinski definition) is 1. The van der Waals surface area contributed by atoms with Gasteiger partial charge in [-0.15, -0.1) is 0 Å². The van der Waals surface area contributed by atoms with Crippen molar-refractivity contribution in [3.8, 4) is 11.3 Å². The summed E-state index contributed by atoms with van der Waals surface area (Å²) in [6.45, 7) is 0.846. The fourth-order valence-corrected chi connectivity index (χ4v) is 2.18. The van der Waals surface area contributed by atoms with Gasteiger partial charge in [0.25, 0.3) is 0 Å². The van der Waals surface area contributed by atoms with E-state index in [2.05, 4.69) is 19.6 Å².